The Hall–Kier alpha value is -1.30. The molecule has 1 rings (SSSR count). The van der Waals surface area contributed by atoms with E-state index in [2.05, 4.69) is 19.2 Å². The highest BCUT2D eigenvalue weighted by Crippen LogP contribution is 2.37. The molecule has 19 heavy (non-hydrogen) atoms. The monoisotopic (exact) mass is 272 g/mol. The van der Waals surface area contributed by atoms with Gasteiger partial charge in [-0.25, -0.2) is 9.59 Å². The van der Waals surface area contributed by atoms with Crippen molar-refractivity contribution in [2.24, 2.45) is 5.41 Å². The van der Waals surface area contributed by atoms with Gasteiger partial charge < -0.3 is 20.4 Å². The van der Waals surface area contributed by atoms with Gasteiger partial charge in [0.1, 0.15) is 0 Å². The summed E-state index contributed by atoms with van der Waals surface area (Å²) in [5.74, 6) is -1.22. The van der Waals surface area contributed by atoms with E-state index in [-0.39, 0.29) is 0 Å². The van der Waals surface area contributed by atoms with Crippen LogP contribution in [0.5, 0.6) is 0 Å². The number of aliphatic carboxylic acids is 1. The van der Waals surface area contributed by atoms with Crippen LogP contribution in [0.4, 0.5) is 4.79 Å². The third-order valence-electron chi connectivity index (χ3n) is 4.39. The average Bonchev–Trinajstić information content (AvgIpc) is 2.44. The minimum Gasteiger partial charge on any atom is -0.480 e. The van der Waals surface area contributed by atoms with E-state index < -0.39 is 24.6 Å². The Labute approximate surface area is 113 Å². The number of carbonyl (C=O) groups is 2. The van der Waals surface area contributed by atoms with Gasteiger partial charge in [0.25, 0.3) is 0 Å². The Morgan fingerprint density at radius 2 is 1.79 bits per heavy atom. The largest absolute Gasteiger partial charge is 0.480 e. The number of aliphatic hydroxyl groups excluding tert-OH is 1. The van der Waals surface area contributed by atoms with Gasteiger partial charge in [-0.05, 0) is 18.3 Å². The molecule has 1 unspecified atom stereocenters. The van der Waals surface area contributed by atoms with Crippen molar-refractivity contribution in [3.63, 3.8) is 0 Å². The summed E-state index contributed by atoms with van der Waals surface area (Å²) in [5, 5.41) is 20.0. The van der Waals surface area contributed by atoms with E-state index in [1.807, 2.05) is 0 Å². The number of likely N-dealkylation sites (tertiary alicyclic amines) is 1. The summed E-state index contributed by atoms with van der Waals surface area (Å²) in [6.45, 7) is 5.04. The summed E-state index contributed by atoms with van der Waals surface area (Å²) in [6.07, 6.45) is 4.11. The Balaban J connectivity index is 2.51. The topological polar surface area (TPSA) is 89.9 Å². The number of nitrogens with one attached hydrogen (secondary N) is 1. The number of hydrogen-bond acceptors (Lipinski definition) is 3. The van der Waals surface area contributed by atoms with Crippen molar-refractivity contribution < 1.29 is 19.8 Å². The molecule has 6 nitrogen and oxygen atoms in total. The fraction of sp³-hybridized carbons (Fsp3) is 0.846. The third-order valence-corrected chi connectivity index (χ3v) is 4.39. The number of hydrogen-bond donors (Lipinski definition) is 3. The Bertz CT molecular complexity index is 319. The van der Waals surface area contributed by atoms with E-state index in [1.54, 1.807) is 4.90 Å². The zero-order valence-corrected chi connectivity index (χ0v) is 11.7. The molecule has 0 spiro atoms. The van der Waals surface area contributed by atoms with Crippen LogP contribution in [0, 0.1) is 5.41 Å². The summed E-state index contributed by atoms with van der Waals surface area (Å²) < 4.78 is 0. The molecule has 0 saturated carbocycles. The molecule has 1 aliphatic rings. The highest BCUT2D eigenvalue weighted by atomic mass is 16.4. The van der Waals surface area contributed by atoms with E-state index in [1.165, 1.54) is 0 Å². The predicted octanol–water partition coefficient (Wildman–Crippen LogP) is 1.04. The maximum absolute atomic E-state index is 11.9. The number of amides is 2. The summed E-state index contributed by atoms with van der Waals surface area (Å²) >= 11 is 0. The van der Waals surface area contributed by atoms with Gasteiger partial charge in [-0.2, -0.15) is 0 Å². The third kappa shape index (κ3) is 3.83. The number of aliphatic hydroxyl groups is 1. The second-order valence-electron chi connectivity index (χ2n) is 5.22. The predicted molar refractivity (Wildman–Crippen MR) is 70.9 cm³/mol. The van der Waals surface area contributed by atoms with Gasteiger partial charge in [-0.3, -0.25) is 0 Å². The standard InChI is InChI=1S/C13H24N2O4/c1-3-13(4-2)5-7-15(8-6-13)12(19)14-10(9-16)11(17)18/h10,16H,3-9H2,1-2H3,(H,14,19)(H,17,18). The van der Waals surface area contributed by atoms with Crippen LogP contribution in [0.15, 0.2) is 0 Å². The maximum atomic E-state index is 11.9. The number of carboxylic acid groups (broad SMARTS) is 1. The molecule has 1 atom stereocenters. The lowest BCUT2D eigenvalue weighted by Crippen LogP contribution is -2.52. The molecule has 1 fully saturated rings. The number of piperidine rings is 1. The van der Waals surface area contributed by atoms with Crippen molar-refractivity contribution in [2.75, 3.05) is 19.7 Å². The molecule has 1 aliphatic heterocycles. The maximum Gasteiger partial charge on any atom is 0.328 e. The highest BCUT2D eigenvalue weighted by molar-refractivity contribution is 5.82. The second kappa shape index (κ2) is 6.75. The summed E-state index contributed by atoms with van der Waals surface area (Å²) in [7, 11) is 0. The first-order valence-electron chi connectivity index (χ1n) is 6.87. The van der Waals surface area contributed by atoms with Crippen LogP contribution in [0.1, 0.15) is 39.5 Å². The van der Waals surface area contributed by atoms with Crippen LogP contribution >= 0.6 is 0 Å². The fourth-order valence-electron chi connectivity index (χ4n) is 2.57. The number of carbonyl (C=O) groups excluding carboxylic acids is 1. The molecule has 0 radical (unpaired) electrons. The minimum atomic E-state index is -1.23. The van der Waals surface area contributed by atoms with Crippen LogP contribution in [0.25, 0.3) is 0 Å². The van der Waals surface area contributed by atoms with Gasteiger partial charge in [0.15, 0.2) is 6.04 Å². The molecule has 1 saturated heterocycles. The Morgan fingerprint density at radius 3 is 2.16 bits per heavy atom. The molecule has 1 heterocycles. The number of carboxylic acids is 1. The van der Waals surface area contributed by atoms with Gasteiger partial charge >= 0.3 is 12.0 Å². The van der Waals surface area contributed by atoms with Crippen LogP contribution < -0.4 is 5.32 Å². The molecule has 0 aromatic heterocycles. The fourth-order valence-corrected chi connectivity index (χ4v) is 2.57. The molecule has 0 aromatic carbocycles. The van der Waals surface area contributed by atoms with Crippen LogP contribution in [0.3, 0.4) is 0 Å². The van der Waals surface area contributed by atoms with Gasteiger partial charge in [-0.15, -0.1) is 0 Å². The minimum absolute atomic E-state index is 0.319. The number of rotatable bonds is 5. The van der Waals surface area contributed by atoms with Crippen molar-refractivity contribution in [1.82, 2.24) is 10.2 Å². The van der Waals surface area contributed by atoms with E-state index in [4.69, 9.17) is 10.2 Å². The lowest BCUT2D eigenvalue weighted by molar-refractivity contribution is -0.140. The normalized spacial score (nSPS) is 19.8. The molecular weight excluding hydrogens is 248 g/mol. The van der Waals surface area contributed by atoms with Crippen LogP contribution in [-0.2, 0) is 4.79 Å². The molecule has 0 aliphatic carbocycles. The molecule has 0 bridgehead atoms. The Kier molecular flexibility index (Phi) is 5.60. The molecule has 3 N–H and O–H groups in total. The molecule has 110 valence electrons. The SMILES string of the molecule is CCC1(CC)CCN(C(=O)NC(CO)C(=O)O)CC1. The van der Waals surface area contributed by atoms with Crippen molar-refractivity contribution in [2.45, 2.75) is 45.6 Å². The number of nitrogens with zero attached hydrogens (tertiary/aromatic N) is 1. The van der Waals surface area contributed by atoms with E-state index in [0.29, 0.717) is 18.5 Å². The van der Waals surface area contributed by atoms with Crippen molar-refractivity contribution >= 4 is 12.0 Å². The molecule has 2 amide bonds. The average molecular weight is 272 g/mol. The zero-order valence-electron chi connectivity index (χ0n) is 11.7. The van der Waals surface area contributed by atoms with Gasteiger partial charge in [-0.1, -0.05) is 26.7 Å². The van der Waals surface area contributed by atoms with E-state index >= 15 is 0 Å². The number of urea groups is 1. The lowest BCUT2D eigenvalue weighted by atomic mass is 9.74. The second-order valence-corrected chi connectivity index (χ2v) is 5.22. The van der Waals surface area contributed by atoms with Crippen LogP contribution in [0.2, 0.25) is 0 Å². The smallest absolute Gasteiger partial charge is 0.328 e. The highest BCUT2D eigenvalue weighted by Gasteiger charge is 2.33. The van der Waals surface area contributed by atoms with Gasteiger partial charge in [0.05, 0.1) is 6.61 Å². The summed E-state index contributed by atoms with van der Waals surface area (Å²) in [6, 6.07) is -1.63. The first-order valence-corrected chi connectivity index (χ1v) is 6.87. The van der Waals surface area contributed by atoms with Crippen molar-refractivity contribution in [3.8, 4) is 0 Å². The van der Waals surface area contributed by atoms with Gasteiger partial charge in [0.2, 0.25) is 0 Å². The summed E-state index contributed by atoms with van der Waals surface area (Å²) in [4.78, 5) is 24.3. The van der Waals surface area contributed by atoms with E-state index in [9.17, 15) is 9.59 Å². The molecular formula is C13H24N2O4. The zero-order chi connectivity index (χ0) is 14.5. The van der Waals surface area contributed by atoms with E-state index in [0.717, 1.165) is 25.7 Å². The quantitative estimate of drug-likeness (QED) is 0.697. The molecule has 6 heteroatoms. The Morgan fingerprint density at radius 1 is 1.26 bits per heavy atom. The van der Waals surface area contributed by atoms with Gasteiger partial charge in [0, 0.05) is 13.1 Å². The summed E-state index contributed by atoms with van der Waals surface area (Å²) in [5.41, 5.74) is 0.319. The lowest BCUT2D eigenvalue weighted by Gasteiger charge is -2.41. The first-order chi connectivity index (χ1) is 8.98. The van der Waals surface area contributed by atoms with Crippen molar-refractivity contribution in [1.29, 1.82) is 0 Å². The molecule has 0 aromatic rings. The first kappa shape index (κ1) is 15.8. The van der Waals surface area contributed by atoms with Crippen molar-refractivity contribution in [3.05, 3.63) is 0 Å². The van der Waals surface area contributed by atoms with Crippen LogP contribution in [-0.4, -0.2) is 52.9 Å².